The molecule has 2 aliphatic rings. The third-order valence-corrected chi connectivity index (χ3v) is 8.00. The number of nitrogens with one attached hydrogen (secondary N) is 2. The van der Waals surface area contributed by atoms with E-state index in [0.29, 0.717) is 13.1 Å². The van der Waals surface area contributed by atoms with E-state index in [-0.39, 0.29) is 16.3 Å². The van der Waals surface area contributed by atoms with E-state index < -0.39 is 9.84 Å². The van der Waals surface area contributed by atoms with Crippen LogP contribution in [0.4, 0.5) is 0 Å². The number of sulfone groups is 1. The van der Waals surface area contributed by atoms with Gasteiger partial charge in [-0.05, 0) is 31.9 Å². The quantitative estimate of drug-likeness (QED) is 0.501. The monoisotopic (exact) mass is 410 g/mol. The topological polar surface area (TPSA) is 73.8 Å². The summed E-state index contributed by atoms with van der Waals surface area (Å²) < 4.78 is 23.3. The van der Waals surface area contributed by atoms with Crippen LogP contribution in [0.5, 0.6) is 0 Å². The minimum atomic E-state index is -2.81. The van der Waals surface area contributed by atoms with Crippen LogP contribution < -0.4 is 10.6 Å². The standard InChI is InChI=1S/C19H30N4O2S2/c1-2-20-18(21-10-11-23-12-14-27(24,25)15-13-23)22-16-19(8-9-19)26-17-6-4-3-5-7-17/h3-7H,2,8-16H2,1H3,(H2,20,21,22). The molecule has 0 atom stereocenters. The van der Waals surface area contributed by atoms with Gasteiger partial charge in [0.1, 0.15) is 0 Å². The smallest absolute Gasteiger partial charge is 0.191 e. The Bertz CT molecular complexity index is 719. The van der Waals surface area contributed by atoms with E-state index in [1.807, 2.05) is 17.8 Å². The molecule has 3 rings (SSSR count). The first-order valence-electron chi connectivity index (χ1n) is 9.69. The van der Waals surface area contributed by atoms with Crippen molar-refractivity contribution in [1.29, 1.82) is 0 Å². The minimum Gasteiger partial charge on any atom is -0.357 e. The van der Waals surface area contributed by atoms with Gasteiger partial charge in [-0.15, -0.1) is 11.8 Å². The van der Waals surface area contributed by atoms with Crippen molar-refractivity contribution in [3.05, 3.63) is 30.3 Å². The van der Waals surface area contributed by atoms with Gasteiger partial charge in [0, 0.05) is 42.4 Å². The lowest BCUT2D eigenvalue weighted by atomic mass is 10.4. The molecule has 0 radical (unpaired) electrons. The fraction of sp³-hybridized carbons (Fsp3) is 0.632. The van der Waals surface area contributed by atoms with E-state index in [9.17, 15) is 8.42 Å². The highest BCUT2D eigenvalue weighted by atomic mass is 32.2. The van der Waals surface area contributed by atoms with Gasteiger partial charge in [-0.3, -0.25) is 9.89 Å². The summed E-state index contributed by atoms with van der Waals surface area (Å²) in [5.74, 6) is 1.41. The molecule has 1 heterocycles. The molecule has 150 valence electrons. The van der Waals surface area contributed by atoms with Crippen LogP contribution in [0, 0.1) is 0 Å². The molecule has 8 heteroatoms. The van der Waals surface area contributed by atoms with Crippen LogP contribution in [0.3, 0.4) is 0 Å². The highest BCUT2D eigenvalue weighted by molar-refractivity contribution is 8.01. The summed E-state index contributed by atoms with van der Waals surface area (Å²) in [5.41, 5.74) is 0. The predicted octanol–water partition coefficient (Wildman–Crippen LogP) is 1.60. The van der Waals surface area contributed by atoms with Gasteiger partial charge in [-0.1, -0.05) is 18.2 Å². The fourth-order valence-electron chi connectivity index (χ4n) is 3.04. The minimum absolute atomic E-state index is 0.241. The number of thioether (sulfide) groups is 1. The number of nitrogens with zero attached hydrogens (tertiary/aromatic N) is 2. The van der Waals surface area contributed by atoms with Gasteiger partial charge >= 0.3 is 0 Å². The van der Waals surface area contributed by atoms with Crippen molar-refractivity contribution in [1.82, 2.24) is 15.5 Å². The SMILES string of the molecule is CCNC(=NCC1(Sc2ccccc2)CC1)NCCN1CCS(=O)(=O)CC1. The number of hydrogen-bond donors (Lipinski definition) is 2. The van der Waals surface area contributed by atoms with Gasteiger partial charge < -0.3 is 10.6 Å². The molecular formula is C19H30N4O2S2. The normalized spacial score (nSPS) is 21.6. The Hall–Kier alpha value is -1.25. The molecule has 1 aromatic rings. The van der Waals surface area contributed by atoms with Crippen LogP contribution in [0.15, 0.2) is 40.2 Å². The lowest BCUT2D eigenvalue weighted by Crippen LogP contribution is -2.46. The van der Waals surface area contributed by atoms with Crippen molar-refractivity contribution in [2.24, 2.45) is 4.99 Å². The molecule has 27 heavy (non-hydrogen) atoms. The largest absolute Gasteiger partial charge is 0.357 e. The average molecular weight is 411 g/mol. The van der Waals surface area contributed by atoms with Crippen LogP contribution in [0.1, 0.15) is 19.8 Å². The molecule has 6 nitrogen and oxygen atoms in total. The predicted molar refractivity (Wildman–Crippen MR) is 113 cm³/mol. The van der Waals surface area contributed by atoms with Crippen molar-refractivity contribution in [3.63, 3.8) is 0 Å². The molecule has 0 bridgehead atoms. The highest BCUT2D eigenvalue weighted by Gasteiger charge is 2.43. The summed E-state index contributed by atoms with van der Waals surface area (Å²) in [6.45, 7) is 6.58. The Morgan fingerprint density at radius 1 is 1.19 bits per heavy atom. The van der Waals surface area contributed by atoms with E-state index >= 15 is 0 Å². The second-order valence-electron chi connectivity index (χ2n) is 7.21. The first-order valence-corrected chi connectivity index (χ1v) is 12.3. The van der Waals surface area contributed by atoms with E-state index in [1.54, 1.807) is 0 Å². The van der Waals surface area contributed by atoms with Crippen molar-refractivity contribution in [3.8, 4) is 0 Å². The van der Waals surface area contributed by atoms with Crippen LogP contribution in [-0.2, 0) is 9.84 Å². The average Bonchev–Trinajstić information content (AvgIpc) is 3.41. The zero-order valence-electron chi connectivity index (χ0n) is 16.0. The number of hydrogen-bond acceptors (Lipinski definition) is 5. The molecule has 1 aromatic carbocycles. The summed E-state index contributed by atoms with van der Waals surface area (Å²) in [7, 11) is -2.81. The summed E-state index contributed by atoms with van der Waals surface area (Å²) in [4.78, 5) is 8.32. The molecule has 2 N–H and O–H groups in total. The molecule has 1 aliphatic heterocycles. The van der Waals surface area contributed by atoms with Crippen LogP contribution in [0.2, 0.25) is 0 Å². The van der Waals surface area contributed by atoms with Crippen molar-refractivity contribution < 1.29 is 8.42 Å². The Kier molecular flexibility index (Phi) is 7.05. The van der Waals surface area contributed by atoms with E-state index in [1.165, 1.54) is 17.7 Å². The first-order chi connectivity index (χ1) is 13.0. The Morgan fingerprint density at radius 2 is 1.89 bits per heavy atom. The zero-order valence-corrected chi connectivity index (χ0v) is 17.6. The molecule has 1 saturated carbocycles. The number of aliphatic imine (C=N–C) groups is 1. The zero-order chi connectivity index (χ0) is 19.2. The van der Waals surface area contributed by atoms with Gasteiger partial charge in [0.05, 0.1) is 18.1 Å². The van der Waals surface area contributed by atoms with Gasteiger partial charge in [-0.2, -0.15) is 0 Å². The van der Waals surface area contributed by atoms with Crippen LogP contribution >= 0.6 is 11.8 Å². The number of benzene rings is 1. The van der Waals surface area contributed by atoms with E-state index in [2.05, 4.69) is 46.7 Å². The van der Waals surface area contributed by atoms with Gasteiger partial charge in [-0.25, -0.2) is 8.42 Å². The maximum Gasteiger partial charge on any atom is 0.191 e. The van der Waals surface area contributed by atoms with Crippen molar-refractivity contribution in [2.45, 2.75) is 29.4 Å². The fourth-order valence-corrected chi connectivity index (χ4v) is 5.55. The van der Waals surface area contributed by atoms with E-state index in [4.69, 9.17) is 4.99 Å². The van der Waals surface area contributed by atoms with Gasteiger partial charge in [0.25, 0.3) is 0 Å². The number of guanidine groups is 1. The Labute approximate surface area is 167 Å². The molecule has 1 saturated heterocycles. The van der Waals surface area contributed by atoms with Crippen molar-refractivity contribution >= 4 is 27.6 Å². The molecule has 0 aromatic heterocycles. The van der Waals surface area contributed by atoms with Crippen LogP contribution in [0.25, 0.3) is 0 Å². The van der Waals surface area contributed by atoms with Crippen LogP contribution in [-0.4, -0.2) is 74.8 Å². The maximum atomic E-state index is 11.5. The third kappa shape index (κ3) is 6.69. The maximum absolute atomic E-state index is 11.5. The summed E-state index contributed by atoms with van der Waals surface area (Å²) in [6.07, 6.45) is 2.41. The second kappa shape index (κ2) is 9.30. The molecule has 2 fully saturated rings. The molecule has 0 spiro atoms. The third-order valence-electron chi connectivity index (χ3n) is 4.91. The lowest BCUT2D eigenvalue weighted by Gasteiger charge is -2.26. The van der Waals surface area contributed by atoms with Gasteiger partial charge in [0.15, 0.2) is 15.8 Å². The van der Waals surface area contributed by atoms with Crippen molar-refractivity contribution in [2.75, 3.05) is 50.8 Å². The summed E-state index contributed by atoms with van der Waals surface area (Å²) in [5, 5.41) is 6.70. The van der Waals surface area contributed by atoms with E-state index in [0.717, 1.165) is 32.1 Å². The molecular weight excluding hydrogens is 380 g/mol. The summed E-state index contributed by atoms with van der Waals surface area (Å²) >= 11 is 1.94. The molecule has 0 amide bonds. The first kappa shape index (κ1) is 20.5. The molecule has 0 unspecified atom stereocenters. The number of rotatable bonds is 8. The second-order valence-corrected chi connectivity index (χ2v) is 11.1. The van der Waals surface area contributed by atoms with Gasteiger partial charge in [0.2, 0.25) is 0 Å². The lowest BCUT2D eigenvalue weighted by molar-refractivity contribution is 0.299. The highest BCUT2D eigenvalue weighted by Crippen LogP contribution is 2.51. The molecule has 1 aliphatic carbocycles. The Balaban J connectivity index is 1.45. The Morgan fingerprint density at radius 3 is 2.52 bits per heavy atom. The summed E-state index contributed by atoms with van der Waals surface area (Å²) in [6, 6.07) is 10.5.